The first-order chi connectivity index (χ1) is 15.5. The number of amides is 1. The van der Waals surface area contributed by atoms with Gasteiger partial charge in [0.05, 0.1) is 24.1 Å². The van der Waals surface area contributed by atoms with Gasteiger partial charge in [-0.1, -0.05) is 53.8 Å². The molecule has 32 heavy (non-hydrogen) atoms. The Morgan fingerprint density at radius 2 is 1.78 bits per heavy atom. The summed E-state index contributed by atoms with van der Waals surface area (Å²) in [5.41, 5.74) is 0.698. The zero-order valence-corrected chi connectivity index (χ0v) is 20.0. The number of hydrogen-bond acceptors (Lipinski definition) is 7. The van der Waals surface area contributed by atoms with Crippen LogP contribution in [0.5, 0.6) is 23.0 Å². The number of carbonyl (C=O) groups excluding carboxylic acids is 1. The number of para-hydroxylation sites is 2. The molecule has 1 fully saturated rings. The highest BCUT2D eigenvalue weighted by Crippen LogP contribution is 2.39. The van der Waals surface area contributed by atoms with Gasteiger partial charge < -0.3 is 18.9 Å². The van der Waals surface area contributed by atoms with Crippen molar-refractivity contribution in [3.8, 4) is 23.0 Å². The van der Waals surface area contributed by atoms with Gasteiger partial charge in [0.2, 0.25) is 0 Å². The molecule has 0 bridgehead atoms. The quantitative estimate of drug-likeness (QED) is 0.196. The first kappa shape index (κ1) is 24.0. The van der Waals surface area contributed by atoms with E-state index in [1.165, 1.54) is 23.8 Å². The lowest BCUT2D eigenvalue weighted by Crippen LogP contribution is -2.27. The van der Waals surface area contributed by atoms with Crippen molar-refractivity contribution < 1.29 is 23.7 Å². The highest BCUT2D eigenvalue weighted by Gasteiger charge is 2.31. The molecule has 0 aliphatic carbocycles. The summed E-state index contributed by atoms with van der Waals surface area (Å²) in [6.07, 6.45) is 3.36. The fraction of sp³-hybridized carbons (Fsp3) is 0.217. The Morgan fingerprint density at radius 1 is 1.09 bits per heavy atom. The van der Waals surface area contributed by atoms with Crippen molar-refractivity contribution >= 4 is 51.9 Å². The summed E-state index contributed by atoms with van der Waals surface area (Å²) in [7, 11) is 3.11. The SMILES string of the molecule is C=CCN1C(=O)C(=Cc2cc(Cl)c(OCCOc3ccccc3OC)c(OC)c2)SC1=S. The van der Waals surface area contributed by atoms with Gasteiger partial charge >= 0.3 is 0 Å². The molecule has 0 aromatic heterocycles. The maximum atomic E-state index is 12.5. The van der Waals surface area contributed by atoms with Gasteiger partial charge in [-0.3, -0.25) is 9.69 Å². The number of thiocarbonyl (C=S) groups is 1. The monoisotopic (exact) mass is 491 g/mol. The molecule has 1 aliphatic rings. The molecule has 6 nitrogen and oxygen atoms in total. The van der Waals surface area contributed by atoms with Crippen LogP contribution in [0.15, 0.2) is 54.0 Å². The zero-order valence-electron chi connectivity index (χ0n) is 17.6. The zero-order chi connectivity index (χ0) is 23.1. The minimum Gasteiger partial charge on any atom is -0.493 e. The second-order valence-electron chi connectivity index (χ2n) is 6.46. The summed E-state index contributed by atoms with van der Waals surface area (Å²) < 4.78 is 22.7. The molecule has 1 heterocycles. The van der Waals surface area contributed by atoms with E-state index in [2.05, 4.69) is 6.58 Å². The van der Waals surface area contributed by atoms with Crippen molar-refractivity contribution in [3.05, 3.63) is 64.5 Å². The first-order valence-electron chi connectivity index (χ1n) is 9.61. The molecule has 1 saturated heterocycles. The summed E-state index contributed by atoms with van der Waals surface area (Å²) in [5, 5.41) is 0.356. The molecule has 2 aromatic rings. The van der Waals surface area contributed by atoms with E-state index in [9.17, 15) is 4.79 Å². The van der Waals surface area contributed by atoms with Crippen LogP contribution in [0.3, 0.4) is 0 Å². The summed E-state index contributed by atoms with van der Waals surface area (Å²) >= 11 is 13.0. The van der Waals surface area contributed by atoms with E-state index in [0.29, 0.717) is 49.4 Å². The average Bonchev–Trinajstić information content (AvgIpc) is 3.05. The van der Waals surface area contributed by atoms with Gasteiger partial charge in [-0.25, -0.2) is 0 Å². The van der Waals surface area contributed by atoms with Crippen LogP contribution < -0.4 is 18.9 Å². The molecule has 1 aliphatic heterocycles. The molecule has 168 valence electrons. The molecule has 0 radical (unpaired) electrons. The molecule has 0 unspecified atom stereocenters. The van der Waals surface area contributed by atoms with Crippen LogP contribution in [-0.4, -0.2) is 49.1 Å². The largest absolute Gasteiger partial charge is 0.493 e. The molecule has 9 heteroatoms. The van der Waals surface area contributed by atoms with Crippen LogP contribution in [0.2, 0.25) is 5.02 Å². The van der Waals surface area contributed by atoms with Crippen LogP contribution in [0, 0.1) is 0 Å². The Balaban J connectivity index is 1.69. The number of nitrogens with zero attached hydrogens (tertiary/aromatic N) is 1. The predicted molar refractivity (Wildman–Crippen MR) is 132 cm³/mol. The van der Waals surface area contributed by atoms with Crippen molar-refractivity contribution in [2.24, 2.45) is 0 Å². The summed E-state index contributed by atoms with van der Waals surface area (Å²) in [6.45, 7) is 4.56. The maximum absolute atomic E-state index is 12.5. The van der Waals surface area contributed by atoms with E-state index >= 15 is 0 Å². The van der Waals surface area contributed by atoms with Gasteiger partial charge in [0.15, 0.2) is 23.0 Å². The minimum absolute atomic E-state index is 0.163. The Bertz CT molecular complexity index is 1060. The summed E-state index contributed by atoms with van der Waals surface area (Å²) in [5.74, 6) is 1.95. The standard InChI is InChI=1S/C23H22ClNO5S2/c1-4-9-25-22(26)20(32-23(25)31)14-15-12-16(24)21(19(13-15)28-3)30-11-10-29-18-8-6-5-7-17(18)27-2/h4-8,12-14H,1,9-11H2,2-3H3. The topological polar surface area (TPSA) is 57.2 Å². The number of carbonyl (C=O) groups is 1. The van der Waals surface area contributed by atoms with Crippen molar-refractivity contribution in [3.63, 3.8) is 0 Å². The highest BCUT2D eigenvalue weighted by atomic mass is 35.5. The van der Waals surface area contributed by atoms with Crippen LogP contribution in [-0.2, 0) is 4.79 Å². The van der Waals surface area contributed by atoms with Crippen molar-refractivity contribution in [2.75, 3.05) is 34.0 Å². The molecule has 3 rings (SSSR count). The predicted octanol–water partition coefficient (Wildman–Crippen LogP) is 5.20. The van der Waals surface area contributed by atoms with Crippen LogP contribution in [0.25, 0.3) is 6.08 Å². The minimum atomic E-state index is -0.163. The van der Waals surface area contributed by atoms with E-state index < -0.39 is 0 Å². The Morgan fingerprint density at radius 3 is 2.47 bits per heavy atom. The number of ether oxygens (including phenoxy) is 4. The van der Waals surface area contributed by atoms with Crippen LogP contribution in [0.4, 0.5) is 0 Å². The van der Waals surface area contributed by atoms with Gasteiger partial charge in [0.1, 0.15) is 17.5 Å². The summed E-state index contributed by atoms with van der Waals surface area (Å²) in [6, 6.07) is 10.8. The fourth-order valence-electron chi connectivity index (χ4n) is 2.93. The number of rotatable bonds is 10. The molecule has 0 atom stereocenters. The first-order valence-corrected chi connectivity index (χ1v) is 11.2. The molecule has 0 spiro atoms. The fourth-order valence-corrected chi connectivity index (χ4v) is 4.48. The molecule has 2 aromatic carbocycles. The van der Waals surface area contributed by atoms with Gasteiger partial charge in [-0.15, -0.1) is 6.58 Å². The maximum Gasteiger partial charge on any atom is 0.266 e. The van der Waals surface area contributed by atoms with Gasteiger partial charge in [0, 0.05) is 6.54 Å². The van der Waals surface area contributed by atoms with Gasteiger partial charge in [0.25, 0.3) is 5.91 Å². The average molecular weight is 492 g/mol. The Hall–Kier alpha value is -2.68. The number of halogens is 1. The molecule has 1 amide bonds. The van der Waals surface area contributed by atoms with E-state index in [-0.39, 0.29) is 19.1 Å². The van der Waals surface area contributed by atoms with Crippen molar-refractivity contribution in [1.82, 2.24) is 4.90 Å². The van der Waals surface area contributed by atoms with Crippen LogP contribution >= 0.6 is 35.6 Å². The van der Waals surface area contributed by atoms with E-state index in [4.69, 9.17) is 42.8 Å². The normalized spacial score (nSPS) is 14.6. The third kappa shape index (κ3) is 5.56. The second-order valence-corrected chi connectivity index (χ2v) is 8.55. The number of hydrogen-bond donors (Lipinski definition) is 0. The van der Waals surface area contributed by atoms with Crippen molar-refractivity contribution in [2.45, 2.75) is 0 Å². The van der Waals surface area contributed by atoms with E-state index in [1.54, 1.807) is 31.4 Å². The molecule has 0 N–H and O–H groups in total. The lowest BCUT2D eigenvalue weighted by atomic mass is 10.1. The number of thioether (sulfide) groups is 1. The van der Waals surface area contributed by atoms with E-state index in [1.807, 2.05) is 24.3 Å². The smallest absolute Gasteiger partial charge is 0.266 e. The highest BCUT2D eigenvalue weighted by molar-refractivity contribution is 8.26. The Labute approximate surface area is 201 Å². The molecule has 0 saturated carbocycles. The lowest BCUT2D eigenvalue weighted by Gasteiger charge is -2.15. The lowest BCUT2D eigenvalue weighted by molar-refractivity contribution is -0.121. The third-order valence-corrected chi connectivity index (χ3v) is 6.05. The number of methoxy groups -OCH3 is 2. The molecular formula is C23H22ClNO5S2. The second kappa shape index (κ2) is 11.3. The van der Waals surface area contributed by atoms with Crippen molar-refractivity contribution in [1.29, 1.82) is 0 Å². The molecular weight excluding hydrogens is 470 g/mol. The summed E-state index contributed by atoms with van der Waals surface area (Å²) in [4.78, 5) is 14.5. The number of benzene rings is 2. The van der Waals surface area contributed by atoms with Gasteiger partial charge in [-0.05, 0) is 35.9 Å². The Kier molecular flexibility index (Phi) is 8.44. The van der Waals surface area contributed by atoms with Gasteiger partial charge in [-0.2, -0.15) is 0 Å². The van der Waals surface area contributed by atoms with Crippen LogP contribution in [0.1, 0.15) is 5.56 Å². The van der Waals surface area contributed by atoms with E-state index in [0.717, 1.165) is 0 Å². The third-order valence-electron chi connectivity index (χ3n) is 4.39.